The Morgan fingerprint density at radius 2 is 2.14 bits per heavy atom. The topological polar surface area (TPSA) is 64.4 Å². The number of carbonyl (C=O) groups excluding carboxylic acids is 1. The van der Waals surface area contributed by atoms with Gasteiger partial charge < -0.3 is 15.8 Å². The van der Waals surface area contributed by atoms with Gasteiger partial charge in [-0.25, -0.2) is 0 Å². The number of hydrogen-bond donors (Lipinski definition) is 2. The van der Waals surface area contributed by atoms with Gasteiger partial charge in [0.05, 0.1) is 6.10 Å². The van der Waals surface area contributed by atoms with E-state index in [4.69, 9.17) is 10.5 Å². The molecule has 0 aromatic heterocycles. The zero-order chi connectivity index (χ0) is 15.9. The van der Waals surface area contributed by atoms with Crippen molar-refractivity contribution in [1.82, 2.24) is 5.32 Å². The summed E-state index contributed by atoms with van der Waals surface area (Å²) in [4.78, 5) is 11.8. The van der Waals surface area contributed by atoms with Gasteiger partial charge in [-0.15, -0.1) is 0 Å². The van der Waals surface area contributed by atoms with Crippen LogP contribution in [0.1, 0.15) is 51.9 Å². The molecule has 0 bridgehead atoms. The molecule has 0 heterocycles. The summed E-state index contributed by atoms with van der Waals surface area (Å²) in [6, 6.07) is -0.269. The Bertz CT molecular complexity index is 324. The van der Waals surface area contributed by atoms with Crippen LogP contribution in [0.3, 0.4) is 0 Å². The number of ether oxygens (including phenoxy) is 1. The molecule has 1 aliphatic carbocycles. The highest BCUT2D eigenvalue weighted by Gasteiger charge is 2.31. The van der Waals surface area contributed by atoms with Crippen LogP contribution in [0.2, 0.25) is 0 Å². The SMILES string of the molecule is CCCC(N)CC(=O)NC1CCCC(OCC(F)(F)F)C1. The number of nitrogens with two attached hydrogens (primary N) is 1. The molecule has 7 heteroatoms. The molecule has 1 fully saturated rings. The van der Waals surface area contributed by atoms with E-state index in [1.807, 2.05) is 6.92 Å². The maximum absolute atomic E-state index is 12.1. The van der Waals surface area contributed by atoms with E-state index in [2.05, 4.69) is 5.32 Å². The van der Waals surface area contributed by atoms with Crippen molar-refractivity contribution >= 4 is 5.91 Å². The highest BCUT2D eigenvalue weighted by Crippen LogP contribution is 2.24. The fraction of sp³-hybridized carbons (Fsp3) is 0.929. The molecular formula is C14H25F3N2O2. The average Bonchev–Trinajstić information content (AvgIpc) is 2.36. The summed E-state index contributed by atoms with van der Waals surface area (Å²) in [5, 5.41) is 2.86. The lowest BCUT2D eigenvalue weighted by Gasteiger charge is -2.30. The lowest BCUT2D eigenvalue weighted by Crippen LogP contribution is -2.42. The Morgan fingerprint density at radius 1 is 1.43 bits per heavy atom. The molecule has 0 aliphatic heterocycles. The molecule has 3 atom stereocenters. The summed E-state index contributed by atoms with van der Waals surface area (Å²) in [6.45, 7) is 0.779. The predicted molar refractivity (Wildman–Crippen MR) is 73.7 cm³/mol. The summed E-state index contributed by atoms with van der Waals surface area (Å²) in [5.41, 5.74) is 5.80. The maximum Gasteiger partial charge on any atom is 0.411 e. The second kappa shape index (κ2) is 8.58. The van der Waals surface area contributed by atoms with Gasteiger partial charge in [0.25, 0.3) is 0 Å². The van der Waals surface area contributed by atoms with Gasteiger partial charge in [0.2, 0.25) is 5.91 Å². The number of alkyl halides is 3. The van der Waals surface area contributed by atoms with E-state index in [1.165, 1.54) is 0 Å². The third-order valence-corrected chi connectivity index (χ3v) is 3.58. The first-order valence-corrected chi connectivity index (χ1v) is 7.53. The van der Waals surface area contributed by atoms with Crippen LogP contribution in [0, 0.1) is 0 Å². The van der Waals surface area contributed by atoms with Crippen LogP contribution in [0.4, 0.5) is 13.2 Å². The van der Waals surface area contributed by atoms with Crippen molar-refractivity contribution in [2.24, 2.45) is 5.73 Å². The van der Waals surface area contributed by atoms with Crippen molar-refractivity contribution in [3.8, 4) is 0 Å². The fourth-order valence-corrected chi connectivity index (χ4v) is 2.64. The minimum atomic E-state index is -4.30. The zero-order valence-corrected chi connectivity index (χ0v) is 12.4. The minimum absolute atomic E-state index is 0.113. The highest BCUT2D eigenvalue weighted by molar-refractivity contribution is 5.76. The minimum Gasteiger partial charge on any atom is -0.369 e. The van der Waals surface area contributed by atoms with Crippen LogP contribution in [0.15, 0.2) is 0 Å². The molecule has 0 aromatic rings. The third-order valence-electron chi connectivity index (χ3n) is 3.58. The first kappa shape index (κ1) is 18.2. The van der Waals surface area contributed by atoms with Crippen molar-refractivity contribution in [2.45, 2.75) is 76.2 Å². The summed E-state index contributed by atoms with van der Waals surface area (Å²) >= 11 is 0. The van der Waals surface area contributed by atoms with Crippen molar-refractivity contribution < 1.29 is 22.7 Å². The van der Waals surface area contributed by atoms with E-state index in [1.54, 1.807) is 0 Å². The predicted octanol–water partition coefficient (Wildman–Crippen LogP) is 2.51. The van der Waals surface area contributed by atoms with E-state index < -0.39 is 18.9 Å². The Hall–Kier alpha value is -0.820. The van der Waals surface area contributed by atoms with Gasteiger partial charge in [0, 0.05) is 18.5 Å². The first-order valence-electron chi connectivity index (χ1n) is 7.53. The molecule has 124 valence electrons. The molecule has 1 rings (SSSR count). The summed E-state index contributed by atoms with van der Waals surface area (Å²) in [6.07, 6.45) is -0.185. The van der Waals surface area contributed by atoms with Gasteiger partial charge in [-0.05, 0) is 32.1 Å². The van der Waals surface area contributed by atoms with Gasteiger partial charge in [0.1, 0.15) is 6.61 Å². The lowest BCUT2D eigenvalue weighted by molar-refractivity contribution is -0.188. The molecule has 1 amide bonds. The van der Waals surface area contributed by atoms with E-state index in [0.717, 1.165) is 25.7 Å². The molecule has 0 radical (unpaired) electrons. The van der Waals surface area contributed by atoms with Gasteiger partial charge in [-0.1, -0.05) is 13.3 Å². The standard InChI is InChI=1S/C14H25F3N2O2/c1-2-4-10(18)7-13(20)19-11-5-3-6-12(8-11)21-9-14(15,16)17/h10-12H,2-9,18H2,1H3,(H,19,20). The Labute approximate surface area is 123 Å². The normalized spacial score (nSPS) is 24.6. The van der Waals surface area contributed by atoms with Crippen molar-refractivity contribution in [1.29, 1.82) is 0 Å². The van der Waals surface area contributed by atoms with E-state index in [9.17, 15) is 18.0 Å². The Kier molecular flexibility index (Phi) is 7.45. The zero-order valence-electron chi connectivity index (χ0n) is 12.4. The highest BCUT2D eigenvalue weighted by atomic mass is 19.4. The number of hydrogen-bond acceptors (Lipinski definition) is 3. The Balaban J connectivity index is 2.30. The van der Waals surface area contributed by atoms with Crippen LogP contribution < -0.4 is 11.1 Å². The summed E-state index contributed by atoms with van der Waals surface area (Å²) in [5.74, 6) is -0.127. The average molecular weight is 310 g/mol. The molecule has 0 aromatic carbocycles. The molecule has 4 nitrogen and oxygen atoms in total. The van der Waals surface area contributed by atoms with Crippen LogP contribution >= 0.6 is 0 Å². The monoisotopic (exact) mass is 310 g/mol. The molecular weight excluding hydrogens is 285 g/mol. The molecule has 3 unspecified atom stereocenters. The molecule has 0 saturated heterocycles. The molecule has 1 aliphatic rings. The fourth-order valence-electron chi connectivity index (χ4n) is 2.64. The van der Waals surface area contributed by atoms with Gasteiger partial charge >= 0.3 is 6.18 Å². The largest absolute Gasteiger partial charge is 0.411 e. The van der Waals surface area contributed by atoms with E-state index in [0.29, 0.717) is 12.8 Å². The van der Waals surface area contributed by atoms with Crippen LogP contribution in [0.25, 0.3) is 0 Å². The second-order valence-electron chi connectivity index (χ2n) is 5.73. The van der Waals surface area contributed by atoms with E-state index >= 15 is 0 Å². The first-order chi connectivity index (χ1) is 9.80. The second-order valence-corrected chi connectivity index (χ2v) is 5.73. The van der Waals surface area contributed by atoms with Gasteiger partial charge in [-0.3, -0.25) is 4.79 Å². The quantitative estimate of drug-likeness (QED) is 0.759. The van der Waals surface area contributed by atoms with Crippen LogP contribution in [-0.2, 0) is 9.53 Å². The molecule has 0 spiro atoms. The van der Waals surface area contributed by atoms with Crippen LogP contribution in [-0.4, -0.2) is 36.9 Å². The smallest absolute Gasteiger partial charge is 0.369 e. The van der Waals surface area contributed by atoms with Crippen LogP contribution in [0.5, 0.6) is 0 Å². The summed E-state index contributed by atoms with van der Waals surface area (Å²) in [7, 11) is 0. The number of halogens is 3. The lowest BCUT2D eigenvalue weighted by atomic mass is 9.92. The van der Waals surface area contributed by atoms with Crippen molar-refractivity contribution in [3.63, 3.8) is 0 Å². The molecule has 21 heavy (non-hydrogen) atoms. The van der Waals surface area contributed by atoms with Gasteiger partial charge in [0.15, 0.2) is 0 Å². The molecule has 3 N–H and O–H groups in total. The van der Waals surface area contributed by atoms with Gasteiger partial charge in [-0.2, -0.15) is 13.2 Å². The maximum atomic E-state index is 12.1. The van der Waals surface area contributed by atoms with Crippen molar-refractivity contribution in [2.75, 3.05) is 6.61 Å². The Morgan fingerprint density at radius 3 is 2.76 bits per heavy atom. The number of rotatable bonds is 7. The number of carbonyl (C=O) groups is 1. The number of nitrogens with one attached hydrogen (secondary N) is 1. The molecule has 1 saturated carbocycles. The number of amides is 1. The third kappa shape index (κ3) is 8.26. The van der Waals surface area contributed by atoms with Crippen molar-refractivity contribution in [3.05, 3.63) is 0 Å². The van der Waals surface area contributed by atoms with E-state index in [-0.39, 0.29) is 24.4 Å². The summed E-state index contributed by atoms with van der Waals surface area (Å²) < 4.78 is 41.3.